The number of hydrazone groups is 1. The van der Waals surface area contributed by atoms with Crippen LogP contribution in [0.3, 0.4) is 0 Å². The van der Waals surface area contributed by atoms with Crippen molar-refractivity contribution in [3.8, 4) is 23.0 Å². The topological polar surface area (TPSA) is 91.3 Å². The average Bonchev–Trinajstić information content (AvgIpc) is 2.76. The van der Waals surface area contributed by atoms with E-state index in [0.717, 1.165) is 5.39 Å². The second kappa shape index (κ2) is 9.41. The first kappa shape index (κ1) is 19.9. The summed E-state index contributed by atoms with van der Waals surface area (Å²) in [5.74, 6) is 1.60. The largest absolute Gasteiger partial charge is 0.493 e. The number of carbonyl (C=O) groups excluding carboxylic acids is 1. The van der Waals surface area contributed by atoms with Gasteiger partial charge in [-0.05, 0) is 24.3 Å². The number of benzene rings is 2. The van der Waals surface area contributed by atoms with Crippen LogP contribution in [0.1, 0.15) is 5.56 Å². The molecule has 8 nitrogen and oxygen atoms in total. The Bertz CT molecular complexity index is 1010. The van der Waals surface area contributed by atoms with Crippen LogP contribution < -0.4 is 24.4 Å². The van der Waals surface area contributed by atoms with Crippen molar-refractivity contribution in [3.05, 3.63) is 54.2 Å². The fraction of sp³-hybridized carbons (Fsp3) is 0.190. The first-order valence-electron chi connectivity index (χ1n) is 8.74. The summed E-state index contributed by atoms with van der Waals surface area (Å²) in [5.41, 5.74) is 3.79. The minimum Gasteiger partial charge on any atom is -0.493 e. The zero-order valence-electron chi connectivity index (χ0n) is 16.3. The van der Waals surface area contributed by atoms with Gasteiger partial charge < -0.3 is 18.9 Å². The lowest BCUT2D eigenvalue weighted by Gasteiger charge is -2.12. The van der Waals surface area contributed by atoms with E-state index in [1.807, 2.05) is 24.3 Å². The van der Waals surface area contributed by atoms with Gasteiger partial charge in [0.05, 0.1) is 27.5 Å². The predicted molar refractivity (Wildman–Crippen MR) is 109 cm³/mol. The third kappa shape index (κ3) is 4.73. The Kier molecular flexibility index (Phi) is 6.47. The van der Waals surface area contributed by atoms with Gasteiger partial charge in [0.15, 0.2) is 18.1 Å². The van der Waals surface area contributed by atoms with Gasteiger partial charge >= 0.3 is 0 Å². The van der Waals surface area contributed by atoms with Crippen molar-refractivity contribution in [2.45, 2.75) is 0 Å². The molecule has 0 aliphatic heterocycles. The number of hydrogen-bond acceptors (Lipinski definition) is 7. The first-order chi connectivity index (χ1) is 14.2. The number of carbonyl (C=O) groups is 1. The fourth-order valence-corrected chi connectivity index (χ4v) is 2.72. The molecule has 0 saturated heterocycles. The van der Waals surface area contributed by atoms with Gasteiger partial charge in [-0.3, -0.25) is 9.78 Å². The highest BCUT2D eigenvalue weighted by molar-refractivity contribution is 5.86. The van der Waals surface area contributed by atoms with E-state index in [-0.39, 0.29) is 6.61 Å². The summed E-state index contributed by atoms with van der Waals surface area (Å²) in [7, 11) is 4.58. The van der Waals surface area contributed by atoms with Crippen LogP contribution >= 0.6 is 0 Å². The summed E-state index contributed by atoms with van der Waals surface area (Å²) in [4.78, 5) is 16.3. The molecule has 0 saturated carbocycles. The van der Waals surface area contributed by atoms with Crippen LogP contribution in [0.2, 0.25) is 0 Å². The molecule has 0 unspecified atom stereocenters. The normalized spacial score (nSPS) is 10.7. The highest BCUT2D eigenvalue weighted by atomic mass is 16.5. The van der Waals surface area contributed by atoms with Crippen LogP contribution in [0.25, 0.3) is 10.9 Å². The van der Waals surface area contributed by atoms with Crippen molar-refractivity contribution in [1.82, 2.24) is 10.4 Å². The third-order valence-corrected chi connectivity index (χ3v) is 4.04. The molecule has 1 N–H and O–H groups in total. The highest BCUT2D eigenvalue weighted by Gasteiger charge is 2.12. The Morgan fingerprint density at radius 2 is 1.76 bits per heavy atom. The molecule has 0 radical (unpaired) electrons. The number of nitrogens with one attached hydrogen (secondary N) is 1. The van der Waals surface area contributed by atoms with Crippen molar-refractivity contribution in [1.29, 1.82) is 0 Å². The van der Waals surface area contributed by atoms with Crippen molar-refractivity contribution in [3.63, 3.8) is 0 Å². The molecule has 29 heavy (non-hydrogen) atoms. The second-order valence-corrected chi connectivity index (χ2v) is 5.87. The van der Waals surface area contributed by atoms with E-state index in [2.05, 4.69) is 15.5 Å². The number of rotatable bonds is 8. The van der Waals surface area contributed by atoms with E-state index >= 15 is 0 Å². The zero-order chi connectivity index (χ0) is 20.6. The number of para-hydroxylation sites is 1. The number of fused-ring (bicyclic) bond motifs is 1. The molecule has 2 aromatic carbocycles. The Morgan fingerprint density at radius 1 is 1.03 bits per heavy atom. The van der Waals surface area contributed by atoms with Crippen molar-refractivity contribution in [2.75, 3.05) is 27.9 Å². The van der Waals surface area contributed by atoms with E-state index in [1.165, 1.54) is 27.5 Å². The summed E-state index contributed by atoms with van der Waals surface area (Å²) in [5, 5.41) is 4.89. The highest BCUT2D eigenvalue weighted by Crippen LogP contribution is 2.37. The molecule has 0 aliphatic rings. The number of amides is 1. The summed E-state index contributed by atoms with van der Waals surface area (Å²) >= 11 is 0. The van der Waals surface area contributed by atoms with Crippen LogP contribution in [0.4, 0.5) is 0 Å². The van der Waals surface area contributed by atoms with Gasteiger partial charge in [0.25, 0.3) is 5.91 Å². The second-order valence-electron chi connectivity index (χ2n) is 5.87. The third-order valence-electron chi connectivity index (χ3n) is 4.04. The Balaban J connectivity index is 1.62. The maximum Gasteiger partial charge on any atom is 0.277 e. The number of aromatic nitrogens is 1. The molecule has 1 heterocycles. The summed E-state index contributed by atoms with van der Waals surface area (Å²) in [6.07, 6.45) is 3.15. The first-order valence-corrected chi connectivity index (χ1v) is 8.74. The lowest BCUT2D eigenvalue weighted by atomic mass is 10.2. The van der Waals surface area contributed by atoms with Gasteiger partial charge in [-0.2, -0.15) is 5.10 Å². The fourth-order valence-electron chi connectivity index (χ4n) is 2.72. The maximum atomic E-state index is 12.0. The number of nitrogens with zero attached hydrogens (tertiary/aromatic N) is 2. The minimum absolute atomic E-state index is 0.192. The molecule has 3 aromatic rings. The molecule has 150 valence electrons. The number of hydrogen-bond donors (Lipinski definition) is 1. The lowest BCUT2D eigenvalue weighted by Crippen LogP contribution is -2.24. The van der Waals surface area contributed by atoms with E-state index in [9.17, 15) is 4.79 Å². The maximum absolute atomic E-state index is 12.0. The standard InChI is InChI=1S/C21H21N3O5/c1-26-17-10-14(11-18(27-2)21(17)28-3)12-23-24-19(25)13-29-16-8-4-6-15-7-5-9-22-20(15)16/h4-12H,13H2,1-3H3,(H,24,25)/b23-12+. The summed E-state index contributed by atoms with van der Waals surface area (Å²) in [6.45, 7) is -0.192. The van der Waals surface area contributed by atoms with Crippen LogP contribution in [0, 0.1) is 0 Å². The van der Waals surface area contributed by atoms with E-state index < -0.39 is 5.91 Å². The molecule has 0 atom stereocenters. The summed E-state index contributed by atoms with van der Waals surface area (Å²) < 4.78 is 21.4. The zero-order valence-corrected chi connectivity index (χ0v) is 16.3. The molecular weight excluding hydrogens is 374 g/mol. The smallest absolute Gasteiger partial charge is 0.277 e. The molecule has 0 spiro atoms. The average molecular weight is 395 g/mol. The molecule has 1 aromatic heterocycles. The predicted octanol–water partition coefficient (Wildman–Crippen LogP) is 2.79. The summed E-state index contributed by atoms with van der Waals surface area (Å²) in [6, 6.07) is 12.7. The van der Waals surface area contributed by atoms with Crippen molar-refractivity contribution >= 4 is 23.0 Å². The minimum atomic E-state index is -0.401. The molecule has 3 rings (SSSR count). The Morgan fingerprint density at radius 3 is 2.45 bits per heavy atom. The SMILES string of the molecule is COc1cc(/C=N/NC(=O)COc2cccc3cccnc23)cc(OC)c1OC. The molecule has 8 heteroatoms. The van der Waals surface area contributed by atoms with Gasteiger partial charge in [0, 0.05) is 17.1 Å². The Hall–Kier alpha value is -3.81. The molecule has 0 fully saturated rings. The number of methoxy groups -OCH3 is 3. The van der Waals surface area contributed by atoms with Gasteiger partial charge in [-0.25, -0.2) is 5.43 Å². The number of ether oxygens (including phenoxy) is 4. The van der Waals surface area contributed by atoms with Crippen LogP contribution in [0.5, 0.6) is 23.0 Å². The van der Waals surface area contributed by atoms with Crippen molar-refractivity contribution in [2.24, 2.45) is 5.10 Å². The number of pyridine rings is 1. The van der Waals surface area contributed by atoms with E-state index in [0.29, 0.717) is 34.1 Å². The van der Waals surface area contributed by atoms with E-state index in [4.69, 9.17) is 18.9 Å². The molecule has 1 amide bonds. The van der Waals surface area contributed by atoms with Gasteiger partial charge in [-0.15, -0.1) is 0 Å². The van der Waals surface area contributed by atoms with Gasteiger partial charge in [-0.1, -0.05) is 18.2 Å². The van der Waals surface area contributed by atoms with Crippen LogP contribution in [-0.2, 0) is 4.79 Å². The molecular formula is C21H21N3O5. The molecule has 0 aliphatic carbocycles. The van der Waals surface area contributed by atoms with Crippen molar-refractivity contribution < 1.29 is 23.7 Å². The van der Waals surface area contributed by atoms with Crippen LogP contribution in [0.15, 0.2) is 53.8 Å². The quantitative estimate of drug-likeness (QED) is 0.466. The molecule has 0 bridgehead atoms. The van der Waals surface area contributed by atoms with Crippen LogP contribution in [-0.4, -0.2) is 45.0 Å². The Labute approximate surface area is 168 Å². The van der Waals surface area contributed by atoms with Gasteiger partial charge in [0.2, 0.25) is 5.75 Å². The lowest BCUT2D eigenvalue weighted by molar-refractivity contribution is -0.123. The van der Waals surface area contributed by atoms with Gasteiger partial charge in [0.1, 0.15) is 11.3 Å². The van der Waals surface area contributed by atoms with E-state index in [1.54, 1.807) is 24.4 Å². The monoisotopic (exact) mass is 395 g/mol.